The Morgan fingerprint density at radius 2 is 1.77 bits per heavy atom. The zero-order valence-electron chi connectivity index (χ0n) is 12.7. The van der Waals surface area contributed by atoms with Crippen LogP contribution in [-0.2, 0) is 11.3 Å². The third kappa shape index (κ3) is 4.90. The standard InChI is InChI=1S/C18H21NO3/c1-21-13-7-12-19-18(20)16-10-5-6-11-17(16)22-14-15-8-3-2-4-9-15/h2-6,8-11H,7,12-14H2,1H3,(H,19,20). The SMILES string of the molecule is COCCCNC(=O)c1ccccc1OCc1ccccc1. The second-order valence-electron chi connectivity index (χ2n) is 4.87. The molecule has 0 bridgehead atoms. The Kier molecular flexibility index (Phi) is 6.45. The summed E-state index contributed by atoms with van der Waals surface area (Å²) in [5, 5.41) is 2.87. The lowest BCUT2D eigenvalue weighted by atomic mass is 10.2. The number of benzene rings is 2. The van der Waals surface area contributed by atoms with Gasteiger partial charge in [0.05, 0.1) is 5.56 Å². The molecule has 0 fully saturated rings. The Bertz CT molecular complexity index is 584. The van der Waals surface area contributed by atoms with Crippen molar-refractivity contribution in [2.24, 2.45) is 0 Å². The second kappa shape index (κ2) is 8.85. The summed E-state index contributed by atoms with van der Waals surface area (Å²) in [4.78, 5) is 12.2. The molecule has 0 heterocycles. The maximum atomic E-state index is 12.2. The molecule has 4 heteroatoms. The third-order valence-corrected chi connectivity index (χ3v) is 3.18. The van der Waals surface area contributed by atoms with E-state index in [0.29, 0.717) is 31.1 Å². The molecule has 0 atom stereocenters. The number of rotatable bonds is 8. The Morgan fingerprint density at radius 1 is 1.05 bits per heavy atom. The quantitative estimate of drug-likeness (QED) is 0.762. The Labute approximate surface area is 131 Å². The maximum Gasteiger partial charge on any atom is 0.255 e. The maximum absolute atomic E-state index is 12.2. The molecule has 0 aliphatic heterocycles. The van der Waals surface area contributed by atoms with Crippen molar-refractivity contribution in [1.82, 2.24) is 5.32 Å². The molecule has 0 radical (unpaired) electrons. The average molecular weight is 299 g/mol. The Hall–Kier alpha value is -2.33. The predicted octanol–water partition coefficient (Wildman–Crippen LogP) is 3.03. The van der Waals surface area contributed by atoms with E-state index in [1.165, 1.54) is 0 Å². The van der Waals surface area contributed by atoms with Crippen LogP contribution < -0.4 is 10.1 Å². The van der Waals surface area contributed by atoms with Gasteiger partial charge in [0.25, 0.3) is 5.91 Å². The topological polar surface area (TPSA) is 47.6 Å². The van der Waals surface area contributed by atoms with Crippen molar-refractivity contribution in [3.63, 3.8) is 0 Å². The molecular formula is C18H21NO3. The average Bonchev–Trinajstić information content (AvgIpc) is 2.58. The van der Waals surface area contributed by atoms with Gasteiger partial charge in [0, 0.05) is 20.3 Å². The van der Waals surface area contributed by atoms with Gasteiger partial charge < -0.3 is 14.8 Å². The Morgan fingerprint density at radius 3 is 2.55 bits per heavy atom. The first-order chi connectivity index (χ1) is 10.8. The first kappa shape index (κ1) is 16.0. The van der Waals surface area contributed by atoms with Gasteiger partial charge in [0.1, 0.15) is 12.4 Å². The fourth-order valence-corrected chi connectivity index (χ4v) is 2.03. The summed E-state index contributed by atoms with van der Waals surface area (Å²) in [5.74, 6) is 0.468. The van der Waals surface area contributed by atoms with Crippen molar-refractivity contribution in [3.8, 4) is 5.75 Å². The summed E-state index contributed by atoms with van der Waals surface area (Å²) in [6.07, 6.45) is 0.787. The van der Waals surface area contributed by atoms with E-state index < -0.39 is 0 Å². The van der Waals surface area contributed by atoms with E-state index in [1.807, 2.05) is 48.5 Å². The van der Waals surface area contributed by atoms with E-state index in [4.69, 9.17) is 9.47 Å². The molecule has 4 nitrogen and oxygen atoms in total. The van der Waals surface area contributed by atoms with Crippen molar-refractivity contribution in [3.05, 3.63) is 65.7 Å². The first-order valence-electron chi connectivity index (χ1n) is 7.34. The number of nitrogens with one attached hydrogen (secondary N) is 1. The molecule has 0 aliphatic rings. The van der Waals surface area contributed by atoms with Crippen molar-refractivity contribution in [1.29, 1.82) is 0 Å². The highest BCUT2D eigenvalue weighted by atomic mass is 16.5. The van der Waals surface area contributed by atoms with Crippen LogP contribution in [0.5, 0.6) is 5.75 Å². The Balaban J connectivity index is 1.95. The summed E-state index contributed by atoms with van der Waals surface area (Å²) in [7, 11) is 1.65. The molecule has 116 valence electrons. The van der Waals surface area contributed by atoms with Gasteiger partial charge in [0.2, 0.25) is 0 Å². The normalized spacial score (nSPS) is 10.2. The van der Waals surface area contributed by atoms with Crippen molar-refractivity contribution < 1.29 is 14.3 Å². The summed E-state index contributed by atoms with van der Waals surface area (Å²) in [5.41, 5.74) is 1.62. The van der Waals surface area contributed by atoms with Gasteiger partial charge in [-0.05, 0) is 24.1 Å². The molecule has 2 rings (SSSR count). The van der Waals surface area contributed by atoms with Gasteiger partial charge in [0.15, 0.2) is 0 Å². The van der Waals surface area contributed by atoms with E-state index in [9.17, 15) is 4.79 Å². The predicted molar refractivity (Wildman–Crippen MR) is 86.0 cm³/mol. The lowest BCUT2D eigenvalue weighted by Crippen LogP contribution is -2.25. The minimum absolute atomic E-state index is 0.125. The molecular weight excluding hydrogens is 278 g/mol. The summed E-state index contributed by atoms with van der Waals surface area (Å²) in [6.45, 7) is 1.65. The van der Waals surface area contributed by atoms with Crippen LogP contribution >= 0.6 is 0 Å². The summed E-state index contributed by atoms with van der Waals surface area (Å²) >= 11 is 0. The van der Waals surface area contributed by atoms with Crippen LogP contribution in [0.3, 0.4) is 0 Å². The number of carbonyl (C=O) groups is 1. The van der Waals surface area contributed by atoms with Crippen LogP contribution in [0.1, 0.15) is 22.3 Å². The molecule has 2 aromatic rings. The highest BCUT2D eigenvalue weighted by Crippen LogP contribution is 2.19. The molecule has 1 N–H and O–H groups in total. The number of carbonyl (C=O) groups excluding carboxylic acids is 1. The monoisotopic (exact) mass is 299 g/mol. The van der Waals surface area contributed by atoms with Gasteiger partial charge in [-0.3, -0.25) is 4.79 Å². The van der Waals surface area contributed by atoms with Gasteiger partial charge in [-0.1, -0.05) is 42.5 Å². The fraction of sp³-hybridized carbons (Fsp3) is 0.278. The molecule has 0 saturated heterocycles. The number of para-hydroxylation sites is 1. The van der Waals surface area contributed by atoms with Crippen LogP contribution in [0.25, 0.3) is 0 Å². The third-order valence-electron chi connectivity index (χ3n) is 3.18. The molecule has 2 aromatic carbocycles. The van der Waals surface area contributed by atoms with Crippen molar-refractivity contribution >= 4 is 5.91 Å². The second-order valence-corrected chi connectivity index (χ2v) is 4.87. The number of hydrogen-bond donors (Lipinski definition) is 1. The van der Waals surface area contributed by atoms with E-state index >= 15 is 0 Å². The molecule has 22 heavy (non-hydrogen) atoms. The van der Waals surface area contributed by atoms with E-state index in [1.54, 1.807) is 13.2 Å². The van der Waals surface area contributed by atoms with E-state index in [-0.39, 0.29) is 5.91 Å². The highest BCUT2D eigenvalue weighted by Gasteiger charge is 2.11. The lowest BCUT2D eigenvalue weighted by molar-refractivity contribution is 0.0944. The van der Waals surface area contributed by atoms with Crippen LogP contribution in [-0.4, -0.2) is 26.2 Å². The van der Waals surface area contributed by atoms with Crippen LogP contribution in [0, 0.1) is 0 Å². The summed E-state index contributed by atoms with van der Waals surface area (Å²) < 4.78 is 10.8. The molecule has 0 spiro atoms. The van der Waals surface area contributed by atoms with Gasteiger partial charge >= 0.3 is 0 Å². The molecule has 0 saturated carbocycles. The van der Waals surface area contributed by atoms with Gasteiger partial charge in [-0.2, -0.15) is 0 Å². The molecule has 0 aromatic heterocycles. The van der Waals surface area contributed by atoms with Crippen LogP contribution in [0.15, 0.2) is 54.6 Å². The van der Waals surface area contributed by atoms with E-state index in [0.717, 1.165) is 12.0 Å². The smallest absolute Gasteiger partial charge is 0.255 e. The minimum Gasteiger partial charge on any atom is -0.488 e. The van der Waals surface area contributed by atoms with Crippen molar-refractivity contribution in [2.75, 3.05) is 20.3 Å². The molecule has 0 aliphatic carbocycles. The van der Waals surface area contributed by atoms with Crippen LogP contribution in [0.4, 0.5) is 0 Å². The minimum atomic E-state index is -0.125. The number of amides is 1. The molecule has 1 amide bonds. The first-order valence-corrected chi connectivity index (χ1v) is 7.34. The lowest BCUT2D eigenvalue weighted by Gasteiger charge is -2.11. The number of ether oxygens (including phenoxy) is 2. The largest absolute Gasteiger partial charge is 0.488 e. The summed E-state index contributed by atoms with van der Waals surface area (Å²) in [6, 6.07) is 17.2. The van der Waals surface area contributed by atoms with Crippen LogP contribution in [0.2, 0.25) is 0 Å². The highest BCUT2D eigenvalue weighted by molar-refractivity contribution is 5.96. The van der Waals surface area contributed by atoms with Crippen molar-refractivity contribution in [2.45, 2.75) is 13.0 Å². The van der Waals surface area contributed by atoms with Gasteiger partial charge in [-0.15, -0.1) is 0 Å². The number of methoxy groups -OCH3 is 1. The van der Waals surface area contributed by atoms with Gasteiger partial charge in [-0.25, -0.2) is 0 Å². The fourth-order valence-electron chi connectivity index (χ4n) is 2.03. The number of hydrogen-bond acceptors (Lipinski definition) is 3. The van der Waals surface area contributed by atoms with E-state index in [2.05, 4.69) is 5.32 Å². The zero-order chi connectivity index (χ0) is 15.6. The molecule has 0 unspecified atom stereocenters. The zero-order valence-corrected chi connectivity index (χ0v) is 12.7.